The van der Waals surface area contributed by atoms with Crippen molar-refractivity contribution in [2.75, 3.05) is 6.61 Å². The number of aliphatic carboxylic acids is 1. The molecule has 116 valence electrons. The SMILES string of the molecule is O=C(O)CC(NC(=O)COc1ccc(F)cc1)c1cccs1. The average molecular weight is 323 g/mol. The molecule has 2 aromatic rings. The minimum absolute atomic E-state index is 0.206. The van der Waals surface area contributed by atoms with Crippen molar-refractivity contribution in [3.05, 3.63) is 52.5 Å². The maximum Gasteiger partial charge on any atom is 0.305 e. The molecular weight excluding hydrogens is 309 g/mol. The topological polar surface area (TPSA) is 75.6 Å². The van der Waals surface area contributed by atoms with Gasteiger partial charge in [-0.15, -0.1) is 11.3 Å². The zero-order valence-electron chi connectivity index (χ0n) is 11.5. The highest BCUT2D eigenvalue weighted by atomic mass is 32.1. The fourth-order valence-electron chi connectivity index (χ4n) is 1.80. The van der Waals surface area contributed by atoms with E-state index < -0.39 is 23.7 Å². The zero-order valence-corrected chi connectivity index (χ0v) is 12.3. The van der Waals surface area contributed by atoms with Crippen molar-refractivity contribution in [2.24, 2.45) is 0 Å². The molecule has 1 aromatic heterocycles. The van der Waals surface area contributed by atoms with Crippen molar-refractivity contribution in [1.82, 2.24) is 5.32 Å². The van der Waals surface area contributed by atoms with E-state index in [-0.39, 0.29) is 13.0 Å². The van der Waals surface area contributed by atoms with Gasteiger partial charge in [0.15, 0.2) is 6.61 Å². The van der Waals surface area contributed by atoms with Gasteiger partial charge < -0.3 is 15.2 Å². The Morgan fingerprint density at radius 1 is 1.27 bits per heavy atom. The molecule has 0 fully saturated rings. The molecule has 7 heteroatoms. The molecule has 1 atom stereocenters. The Morgan fingerprint density at radius 2 is 2.00 bits per heavy atom. The first kappa shape index (κ1) is 16.0. The molecule has 2 N–H and O–H groups in total. The lowest BCUT2D eigenvalue weighted by molar-refractivity contribution is -0.137. The quantitative estimate of drug-likeness (QED) is 0.821. The number of carboxylic acids is 1. The number of halogens is 1. The van der Waals surface area contributed by atoms with E-state index >= 15 is 0 Å². The van der Waals surface area contributed by atoms with E-state index in [9.17, 15) is 14.0 Å². The van der Waals surface area contributed by atoms with Crippen LogP contribution in [0.5, 0.6) is 5.75 Å². The van der Waals surface area contributed by atoms with Gasteiger partial charge in [-0.3, -0.25) is 9.59 Å². The Kier molecular flexibility index (Phi) is 5.48. The van der Waals surface area contributed by atoms with E-state index in [1.807, 2.05) is 5.38 Å². The van der Waals surface area contributed by atoms with Crippen molar-refractivity contribution in [2.45, 2.75) is 12.5 Å². The van der Waals surface area contributed by atoms with E-state index in [4.69, 9.17) is 9.84 Å². The van der Waals surface area contributed by atoms with Crippen LogP contribution in [0.3, 0.4) is 0 Å². The van der Waals surface area contributed by atoms with Crippen LogP contribution >= 0.6 is 11.3 Å². The molecule has 1 heterocycles. The number of rotatable bonds is 7. The summed E-state index contributed by atoms with van der Waals surface area (Å²) in [5.74, 6) is -1.47. The minimum Gasteiger partial charge on any atom is -0.484 e. The summed E-state index contributed by atoms with van der Waals surface area (Å²) in [7, 11) is 0. The van der Waals surface area contributed by atoms with Crippen molar-refractivity contribution in [3.8, 4) is 5.75 Å². The van der Waals surface area contributed by atoms with E-state index in [1.54, 1.807) is 12.1 Å². The van der Waals surface area contributed by atoms with Crippen LogP contribution in [0.2, 0.25) is 0 Å². The molecule has 0 aliphatic rings. The van der Waals surface area contributed by atoms with Crippen LogP contribution in [0.1, 0.15) is 17.3 Å². The van der Waals surface area contributed by atoms with Gasteiger partial charge in [0.2, 0.25) is 0 Å². The van der Waals surface area contributed by atoms with Gasteiger partial charge in [-0.05, 0) is 35.7 Å². The number of hydrogen-bond donors (Lipinski definition) is 2. The van der Waals surface area contributed by atoms with Crippen LogP contribution in [0.25, 0.3) is 0 Å². The third-order valence-corrected chi connectivity index (χ3v) is 3.77. The normalized spacial score (nSPS) is 11.7. The highest BCUT2D eigenvalue weighted by Crippen LogP contribution is 2.22. The van der Waals surface area contributed by atoms with Crippen LogP contribution in [-0.2, 0) is 9.59 Å². The van der Waals surface area contributed by atoms with E-state index in [1.165, 1.54) is 35.6 Å². The molecule has 5 nitrogen and oxygen atoms in total. The lowest BCUT2D eigenvalue weighted by atomic mass is 10.1. The second kappa shape index (κ2) is 7.56. The zero-order chi connectivity index (χ0) is 15.9. The summed E-state index contributed by atoms with van der Waals surface area (Å²) in [5, 5.41) is 13.4. The summed E-state index contributed by atoms with van der Waals surface area (Å²) >= 11 is 1.37. The molecule has 0 radical (unpaired) electrons. The molecule has 0 aliphatic carbocycles. The first-order valence-corrected chi connectivity index (χ1v) is 7.35. The smallest absolute Gasteiger partial charge is 0.305 e. The Morgan fingerprint density at radius 3 is 2.59 bits per heavy atom. The van der Waals surface area contributed by atoms with Gasteiger partial charge in [0.05, 0.1) is 12.5 Å². The summed E-state index contributed by atoms with van der Waals surface area (Å²) in [6, 6.07) is 8.24. The van der Waals surface area contributed by atoms with Gasteiger partial charge in [0.25, 0.3) is 5.91 Å². The predicted molar refractivity (Wildman–Crippen MR) is 79.4 cm³/mol. The summed E-state index contributed by atoms with van der Waals surface area (Å²) in [6.45, 7) is -0.271. The number of benzene rings is 1. The van der Waals surface area contributed by atoms with Crippen molar-refractivity contribution >= 4 is 23.2 Å². The second-order valence-corrected chi connectivity index (χ2v) is 5.46. The van der Waals surface area contributed by atoms with Gasteiger partial charge in [-0.25, -0.2) is 4.39 Å². The molecule has 22 heavy (non-hydrogen) atoms. The number of hydrogen-bond acceptors (Lipinski definition) is 4. The molecule has 0 saturated carbocycles. The first-order chi connectivity index (χ1) is 10.5. The van der Waals surface area contributed by atoms with Gasteiger partial charge in [-0.1, -0.05) is 6.07 Å². The summed E-state index contributed by atoms with van der Waals surface area (Å²) in [4.78, 5) is 23.5. The number of ether oxygens (including phenoxy) is 1. The molecule has 2 rings (SSSR count). The fourth-order valence-corrected chi connectivity index (χ4v) is 2.58. The molecule has 0 bridgehead atoms. The molecule has 1 amide bonds. The van der Waals surface area contributed by atoms with Crippen LogP contribution in [0.4, 0.5) is 4.39 Å². The first-order valence-electron chi connectivity index (χ1n) is 6.47. The van der Waals surface area contributed by atoms with Crippen molar-refractivity contribution in [3.63, 3.8) is 0 Å². The third-order valence-electron chi connectivity index (χ3n) is 2.78. The van der Waals surface area contributed by atoms with Crippen LogP contribution in [0, 0.1) is 5.82 Å². The minimum atomic E-state index is -1.00. The van der Waals surface area contributed by atoms with Gasteiger partial charge in [0.1, 0.15) is 11.6 Å². The summed E-state index contributed by atoms with van der Waals surface area (Å²) in [6.07, 6.45) is -0.206. The Labute approximate surface area is 130 Å². The van der Waals surface area contributed by atoms with E-state index in [0.717, 1.165) is 4.88 Å². The Hall–Kier alpha value is -2.41. The molecule has 1 unspecified atom stereocenters. The molecule has 1 aromatic carbocycles. The van der Waals surface area contributed by atoms with Gasteiger partial charge >= 0.3 is 5.97 Å². The van der Waals surface area contributed by atoms with Crippen LogP contribution in [-0.4, -0.2) is 23.6 Å². The maximum absolute atomic E-state index is 12.7. The predicted octanol–water partition coefficient (Wildman–Crippen LogP) is 2.60. The van der Waals surface area contributed by atoms with E-state index in [0.29, 0.717) is 5.75 Å². The highest BCUT2D eigenvalue weighted by Gasteiger charge is 2.19. The second-order valence-electron chi connectivity index (χ2n) is 4.48. The molecule has 0 saturated heterocycles. The number of thiophene rings is 1. The fraction of sp³-hybridized carbons (Fsp3) is 0.200. The standard InChI is InChI=1S/C15H14FNO4S/c16-10-3-5-11(6-4-10)21-9-14(18)17-12(8-15(19)20)13-2-1-7-22-13/h1-7,12H,8-9H2,(H,17,18)(H,19,20). The number of nitrogens with one attached hydrogen (secondary N) is 1. The average Bonchev–Trinajstić information content (AvgIpc) is 3.00. The van der Waals surface area contributed by atoms with Crippen LogP contribution in [0.15, 0.2) is 41.8 Å². The maximum atomic E-state index is 12.7. The Bertz CT molecular complexity index is 628. The summed E-state index contributed by atoms with van der Waals surface area (Å²) < 4.78 is 18.0. The number of carboxylic acid groups (broad SMARTS) is 1. The number of carbonyl (C=O) groups is 2. The van der Waals surface area contributed by atoms with Crippen LogP contribution < -0.4 is 10.1 Å². The summed E-state index contributed by atoms with van der Waals surface area (Å²) in [5.41, 5.74) is 0. The number of amides is 1. The molecular formula is C15H14FNO4S. The lowest BCUT2D eigenvalue weighted by Gasteiger charge is -2.15. The highest BCUT2D eigenvalue weighted by molar-refractivity contribution is 7.10. The number of carbonyl (C=O) groups excluding carboxylic acids is 1. The van der Waals surface area contributed by atoms with E-state index in [2.05, 4.69) is 5.32 Å². The van der Waals surface area contributed by atoms with Crippen molar-refractivity contribution in [1.29, 1.82) is 0 Å². The largest absolute Gasteiger partial charge is 0.484 e. The van der Waals surface area contributed by atoms with Crippen molar-refractivity contribution < 1.29 is 23.8 Å². The molecule has 0 aliphatic heterocycles. The molecule has 0 spiro atoms. The Balaban J connectivity index is 1.90. The third kappa shape index (κ3) is 4.85. The van der Waals surface area contributed by atoms with Gasteiger partial charge in [0, 0.05) is 4.88 Å². The lowest BCUT2D eigenvalue weighted by Crippen LogP contribution is -2.33. The monoisotopic (exact) mass is 323 g/mol. The van der Waals surface area contributed by atoms with Gasteiger partial charge in [-0.2, -0.15) is 0 Å².